The molecule has 0 amide bonds. The summed E-state index contributed by atoms with van der Waals surface area (Å²) >= 11 is 9.81. The summed E-state index contributed by atoms with van der Waals surface area (Å²) in [7, 11) is 0. The zero-order valence-electron chi connectivity index (χ0n) is 4.48. The average molecular weight is 151 g/mol. The van der Waals surface area contributed by atoms with E-state index in [1.807, 2.05) is 0 Å². The van der Waals surface area contributed by atoms with E-state index in [1.165, 1.54) is 11.1 Å². The minimum atomic E-state index is 1.22. The molecule has 0 saturated heterocycles. The van der Waals surface area contributed by atoms with E-state index < -0.39 is 0 Å². The van der Waals surface area contributed by atoms with Gasteiger partial charge in [0.1, 0.15) is 0 Å². The van der Waals surface area contributed by atoms with Crippen molar-refractivity contribution in [2.24, 2.45) is 0 Å². The van der Waals surface area contributed by atoms with Gasteiger partial charge in [-0.25, -0.2) is 0 Å². The second kappa shape index (κ2) is 15.8. The Morgan fingerprint density at radius 1 is 1.12 bits per heavy atom. The molecule has 0 rings (SSSR count). The van der Waals surface area contributed by atoms with E-state index in [2.05, 4.69) is 13.2 Å². The molecule has 0 aromatic rings. The maximum atomic E-state index is 5.05. The first-order chi connectivity index (χ1) is 3.83. The lowest BCUT2D eigenvalue weighted by atomic mass is 10.6. The molecule has 0 N–H and O–H groups in total. The Morgan fingerprint density at radius 3 is 1.50 bits per heavy atom. The normalized spacial score (nSPS) is 7.25. The third-order valence-electron chi connectivity index (χ3n) is 0.209. The molecule has 0 aliphatic carbocycles. The molecule has 0 aliphatic heterocycles. The van der Waals surface area contributed by atoms with Crippen LogP contribution in [0.4, 0.5) is 0 Å². The van der Waals surface area contributed by atoms with Crippen LogP contribution in [-0.4, -0.2) is 0 Å². The van der Waals surface area contributed by atoms with Crippen LogP contribution in [0.25, 0.3) is 0 Å². The van der Waals surface area contributed by atoms with Gasteiger partial charge in [-0.2, -0.15) is 0 Å². The molecule has 0 nitrogen and oxygen atoms in total. The first kappa shape index (κ1) is 10.7. The van der Waals surface area contributed by atoms with Crippen molar-refractivity contribution < 1.29 is 0 Å². The van der Waals surface area contributed by atoms with Gasteiger partial charge in [-0.3, -0.25) is 0 Å². The Bertz CT molecular complexity index is 74.6. The van der Waals surface area contributed by atoms with Crippen LogP contribution in [0.5, 0.6) is 0 Å². The molecule has 0 bridgehead atoms. The Kier molecular flexibility index (Phi) is 21.2. The van der Waals surface area contributed by atoms with E-state index >= 15 is 0 Å². The fourth-order valence-electron chi connectivity index (χ4n) is 0.0514. The van der Waals surface area contributed by atoms with Gasteiger partial charge in [0.15, 0.2) is 0 Å². The second-order valence-corrected chi connectivity index (χ2v) is 1.27. The van der Waals surface area contributed by atoms with E-state index in [-0.39, 0.29) is 0 Å². The summed E-state index contributed by atoms with van der Waals surface area (Å²) in [6, 6.07) is 0. The van der Waals surface area contributed by atoms with Gasteiger partial charge in [-0.05, 0) is 5.54 Å². The van der Waals surface area contributed by atoms with Gasteiger partial charge in [-0.1, -0.05) is 48.5 Å². The van der Waals surface area contributed by atoms with Crippen LogP contribution in [0, 0.1) is 0 Å². The summed E-state index contributed by atoms with van der Waals surface area (Å²) in [4.78, 5) is 0. The molecule has 46 valence electrons. The number of halogens is 2. The summed E-state index contributed by atoms with van der Waals surface area (Å²) in [6.07, 6.45) is 3.27. The highest BCUT2D eigenvalue weighted by molar-refractivity contribution is 6.25. The number of hydrogen-bond acceptors (Lipinski definition) is 0. The monoisotopic (exact) mass is 150 g/mol. The molecule has 0 aromatic carbocycles. The Balaban J connectivity index is 0. The molecule has 8 heavy (non-hydrogen) atoms. The molecule has 0 radical (unpaired) electrons. The lowest BCUT2D eigenvalue weighted by molar-refractivity contribution is 2.11. The van der Waals surface area contributed by atoms with Crippen molar-refractivity contribution in [1.29, 1.82) is 0 Å². The van der Waals surface area contributed by atoms with Gasteiger partial charge in [-0.15, -0.1) is 0 Å². The van der Waals surface area contributed by atoms with Crippen molar-refractivity contribution in [2.45, 2.75) is 0 Å². The highest BCUT2D eigenvalue weighted by atomic mass is 35.5. The van der Waals surface area contributed by atoms with E-state index in [1.54, 1.807) is 12.2 Å². The minimum Gasteiger partial charge on any atom is -0.0990 e. The quantitative estimate of drug-likeness (QED) is 0.504. The van der Waals surface area contributed by atoms with Crippen LogP contribution in [0.1, 0.15) is 0 Å². The fourth-order valence-corrected chi connectivity index (χ4v) is 0.154. The third kappa shape index (κ3) is 41.2. The van der Waals surface area contributed by atoms with Gasteiger partial charge in [0.05, 0.1) is 0 Å². The molecule has 0 fully saturated rings. The van der Waals surface area contributed by atoms with Gasteiger partial charge in [0, 0.05) is 5.54 Å². The summed E-state index contributed by atoms with van der Waals surface area (Å²) < 4.78 is 0. The highest BCUT2D eigenvalue weighted by Crippen LogP contribution is 1.74. The van der Waals surface area contributed by atoms with Crippen LogP contribution in [0.2, 0.25) is 0 Å². The maximum absolute atomic E-state index is 5.05. The number of allylic oxidation sites excluding steroid dienone is 2. The van der Waals surface area contributed by atoms with Crippen LogP contribution in [-0.2, 0) is 0 Å². The molecule has 0 unspecified atom stereocenters. The van der Waals surface area contributed by atoms with Gasteiger partial charge >= 0.3 is 0 Å². The SMILES string of the molecule is C=C/C=C/Cl.C=CCl. The predicted octanol–water partition coefficient (Wildman–Crippen LogP) is 3.29. The summed E-state index contributed by atoms with van der Waals surface area (Å²) in [5, 5.41) is 0. The van der Waals surface area contributed by atoms with Gasteiger partial charge in [0.25, 0.3) is 0 Å². The van der Waals surface area contributed by atoms with Gasteiger partial charge in [0.2, 0.25) is 0 Å². The third-order valence-corrected chi connectivity index (χ3v) is 0.354. The van der Waals surface area contributed by atoms with E-state index in [0.717, 1.165) is 0 Å². The topological polar surface area (TPSA) is 0 Å². The first-order valence-electron chi connectivity index (χ1n) is 1.92. The fraction of sp³-hybridized carbons (Fsp3) is 0. The lowest BCUT2D eigenvalue weighted by Gasteiger charge is -1.53. The molecule has 0 spiro atoms. The molecule has 0 atom stereocenters. The predicted molar refractivity (Wildman–Crippen MR) is 41.2 cm³/mol. The van der Waals surface area contributed by atoms with Gasteiger partial charge < -0.3 is 0 Å². The zero-order chi connectivity index (χ0) is 6.83. The molecule has 0 aromatic heterocycles. The van der Waals surface area contributed by atoms with Crippen molar-refractivity contribution in [3.05, 3.63) is 36.4 Å². The summed E-state index contributed by atoms with van der Waals surface area (Å²) in [6.45, 7) is 6.51. The molecule has 0 saturated carbocycles. The lowest BCUT2D eigenvalue weighted by Crippen LogP contribution is -1.29. The van der Waals surface area contributed by atoms with Crippen molar-refractivity contribution in [3.8, 4) is 0 Å². The average Bonchev–Trinajstić information content (AvgIpc) is 1.71. The molecule has 0 aliphatic rings. The standard InChI is InChI=1S/C4H5Cl.C2H3Cl/c1-2-3-4-5;1-2-3/h2-4H,1H2;2H,1H2/b4-3+;. The first-order valence-corrected chi connectivity index (χ1v) is 2.79. The Morgan fingerprint density at radius 2 is 1.50 bits per heavy atom. The van der Waals surface area contributed by atoms with E-state index in [0.29, 0.717) is 0 Å². The number of rotatable bonds is 1. The zero-order valence-corrected chi connectivity index (χ0v) is 5.99. The summed E-state index contributed by atoms with van der Waals surface area (Å²) in [5.74, 6) is 0. The van der Waals surface area contributed by atoms with E-state index in [4.69, 9.17) is 23.2 Å². The van der Waals surface area contributed by atoms with Crippen LogP contribution in [0.3, 0.4) is 0 Å². The molecule has 0 heterocycles. The Hall–Kier alpha value is -0.200. The van der Waals surface area contributed by atoms with Crippen LogP contribution >= 0.6 is 23.2 Å². The molecule has 2 heteroatoms. The molecular weight excluding hydrogens is 143 g/mol. The molecular formula is C6H8Cl2. The second-order valence-electron chi connectivity index (χ2n) is 0.708. The minimum absolute atomic E-state index is 1.22. The highest BCUT2D eigenvalue weighted by Gasteiger charge is 1.44. The van der Waals surface area contributed by atoms with Crippen LogP contribution < -0.4 is 0 Å². The smallest absolute Gasteiger partial charge is 0.00422 e. The summed E-state index contributed by atoms with van der Waals surface area (Å²) in [5.41, 5.74) is 2.63. The van der Waals surface area contributed by atoms with Crippen molar-refractivity contribution in [2.75, 3.05) is 0 Å². The number of hydrogen-bond donors (Lipinski definition) is 0. The van der Waals surface area contributed by atoms with E-state index in [9.17, 15) is 0 Å². The van der Waals surface area contributed by atoms with Crippen molar-refractivity contribution >= 4 is 23.2 Å². The largest absolute Gasteiger partial charge is 0.0990 e. The van der Waals surface area contributed by atoms with Crippen LogP contribution in [0.15, 0.2) is 36.4 Å². The van der Waals surface area contributed by atoms with Crippen molar-refractivity contribution in [3.63, 3.8) is 0 Å². The van der Waals surface area contributed by atoms with Crippen molar-refractivity contribution in [1.82, 2.24) is 0 Å². The maximum Gasteiger partial charge on any atom is 0.00422 e. The Labute approximate surface area is 60.1 Å².